The lowest BCUT2D eigenvalue weighted by atomic mass is 10.1. The van der Waals surface area contributed by atoms with Crippen molar-refractivity contribution in [1.29, 1.82) is 0 Å². The molecule has 112 valence electrons. The summed E-state index contributed by atoms with van der Waals surface area (Å²) in [7, 11) is 0. The van der Waals surface area contributed by atoms with E-state index in [9.17, 15) is 14.4 Å². The van der Waals surface area contributed by atoms with Crippen LogP contribution in [0.5, 0.6) is 0 Å². The van der Waals surface area contributed by atoms with Gasteiger partial charge in [-0.2, -0.15) is 0 Å². The second kappa shape index (κ2) is 5.93. The van der Waals surface area contributed by atoms with Crippen LogP contribution in [0.4, 0.5) is 0 Å². The largest absolute Gasteiger partial charge is 0.463 e. The number of aromatic amines is 1. The summed E-state index contributed by atoms with van der Waals surface area (Å²) in [6.45, 7) is 9.97. The lowest BCUT2D eigenvalue weighted by molar-refractivity contribution is -0.145. The van der Waals surface area contributed by atoms with Gasteiger partial charge in [-0.25, -0.2) is 11.4 Å². The minimum Gasteiger partial charge on any atom is -0.463 e. The van der Waals surface area contributed by atoms with Crippen LogP contribution in [0.2, 0.25) is 0 Å². The molecule has 1 saturated heterocycles. The average Bonchev–Trinajstić information content (AvgIpc) is 2.83. The molecule has 8 nitrogen and oxygen atoms in total. The van der Waals surface area contributed by atoms with Crippen LogP contribution in [0.25, 0.3) is 4.85 Å². The normalized spacial score (nSPS) is 24.5. The van der Waals surface area contributed by atoms with Gasteiger partial charge in [0, 0.05) is 18.7 Å². The highest BCUT2D eigenvalue weighted by Crippen LogP contribution is 2.30. The van der Waals surface area contributed by atoms with Crippen LogP contribution in [0.15, 0.2) is 15.8 Å². The van der Waals surface area contributed by atoms with E-state index in [1.165, 1.54) is 17.7 Å². The molecule has 0 aromatic carbocycles. The Bertz CT molecular complexity index is 699. The topological polar surface area (TPSA) is 94.8 Å². The van der Waals surface area contributed by atoms with Crippen LogP contribution in [0.1, 0.15) is 25.1 Å². The Hall–Kier alpha value is -2.40. The monoisotopic (exact) mass is 293 g/mol. The van der Waals surface area contributed by atoms with Crippen LogP contribution >= 0.6 is 0 Å². The highest BCUT2D eigenvalue weighted by Gasteiger charge is 2.42. The van der Waals surface area contributed by atoms with Gasteiger partial charge >= 0.3 is 11.7 Å². The van der Waals surface area contributed by atoms with Gasteiger partial charge in [-0.3, -0.25) is 19.1 Å². The molecule has 2 heterocycles. The first kappa shape index (κ1) is 15.0. The van der Waals surface area contributed by atoms with Crippen molar-refractivity contribution in [2.45, 2.75) is 38.6 Å². The predicted octanol–water partition coefficient (Wildman–Crippen LogP) is -0.0165. The number of aromatic nitrogens is 2. The predicted molar refractivity (Wildman–Crippen MR) is 71.6 cm³/mol. The molecule has 1 aliphatic heterocycles. The number of carbonyl (C=O) groups excluding carboxylic acids is 1. The highest BCUT2D eigenvalue weighted by molar-refractivity contribution is 5.65. The van der Waals surface area contributed by atoms with Crippen molar-refractivity contribution in [3.8, 4) is 0 Å². The van der Waals surface area contributed by atoms with E-state index in [0.717, 1.165) is 0 Å². The molecule has 1 aromatic rings. The van der Waals surface area contributed by atoms with Crippen molar-refractivity contribution in [2.75, 3.05) is 6.61 Å². The van der Waals surface area contributed by atoms with Crippen molar-refractivity contribution < 1.29 is 14.3 Å². The summed E-state index contributed by atoms with van der Waals surface area (Å²) in [5.74, 6) is -0.456. The number of hydrogen-bond acceptors (Lipinski definition) is 5. The number of carbonyl (C=O) groups is 1. The summed E-state index contributed by atoms with van der Waals surface area (Å²) in [5.41, 5.74) is -0.666. The maximum atomic E-state index is 11.8. The quantitative estimate of drug-likeness (QED) is 0.624. The molecule has 1 aliphatic rings. The second-order valence-electron chi connectivity index (χ2n) is 4.84. The molecule has 2 rings (SSSR count). The minimum absolute atomic E-state index is 0.0318. The van der Waals surface area contributed by atoms with Gasteiger partial charge in [-0.05, 0) is 6.92 Å². The molecule has 0 bridgehead atoms. The van der Waals surface area contributed by atoms with E-state index in [-0.39, 0.29) is 6.61 Å². The minimum atomic E-state index is -0.660. The molecular formula is C13H15N3O5. The number of H-pyrrole nitrogens is 1. The maximum Gasteiger partial charge on any atom is 0.330 e. The third kappa shape index (κ3) is 3.20. The number of ether oxygens (including phenoxy) is 2. The molecule has 0 radical (unpaired) electrons. The average molecular weight is 293 g/mol. The molecule has 0 spiro atoms. The van der Waals surface area contributed by atoms with E-state index < -0.39 is 35.6 Å². The lowest BCUT2D eigenvalue weighted by Crippen LogP contribution is -2.33. The molecular weight excluding hydrogens is 278 g/mol. The fourth-order valence-electron chi connectivity index (χ4n) is 2.17. The number of nitrogens with zero attached hydrogens (tertiary/aromatic N) is 2. The zero-order chi connectivity index (χ0) is 15.6. The summed E-state index contributed by atoms with van der Waals surface area (Å²) < 4.78 is 11.7. The van der Waals surface area contributed by atoms with Gasteiger partial charge in [0.05, 0.1) is 6.42 Å². The summed E-state index contributed by atoms with van der Waals surface area (Å²) in [4.78, 5) is 39.6. The third-order valence-corrected chi connectivity index (χ3v) is 3.28. The molecule has 8 heteroatoms. The molecule has 3 atom stereocenters. The zero-order valence-corrected chi connectivity index (χ0v) is 11.7. The summed E-state index contributed by atoms with van der Waals surface area (Å²) >= 11 is 0. The van der Waals surface area contributed by atoms with Crippen LogP contribution in [-0.4, -0.2) is 34.3 Å². The highest BCUT2D eigenvalue weighted by atomic mass is 16.6. The first-order valence-electron chi connectivity index (χ1n) is 6.40. The maximum absolute atomic E-state index is 11.8. The van der Waals surface area contributed by atoms with Gasteiger partial charge in [0.15, 0.2) is 6.10 Å². The number of rotatable bonds is 3. The van der Waals surface area contributed by atoms with E-state index in [0.29, 0.717) is 12.0 Å². The molecule has 1 N–H and O–H groups in total. The molecule has 1 fully saturated rings. The van der Waals surface area contributed by atoms with E-state index in [4.69, 9.17) is 16.0 Å². The third-order valence-electron chi connectivity index (χ3n) is 3.28. The van der Waals surface area contributed by atoms with Gasteiger partial charge < -0.3 is 14.3 Å². The van der Waals surface area contributed by atoms with Gasteiger partial charge in [0.25, 0.3) is 11.6 Å². The van der Waals surface area contributed by atoms with E-state index >= 15 is 0 Å². The lowest BCUT2D eigenvalue weighted by Gasteiger charge is -2.14. The van der Waals surface area contributed by atoms with Gasteiger partial charge in [-0.1, -0.05) is 0 Å². The molecule has 0 amide bonds. The van der Waals surface area contributed by atoms with Crippen molar-refractivity contribution in [3.63, 3.8) is 0 Å². The van der Waals surface area contributed by atoms with Crippen molar-refractivity contribution >= 4 is 5.97 Å². The standard InChI is InChI=1S/C13H15N3O5/c1-7-5-16(13(19)15-12(7)18)11-4-9(14-3)10(21-11)6-20-8(2)17/h5,9-11H,4,6H2,1-2H3,(H,15,18,19)/t9-,10+,11+/m0/s1. The van der Waals surface area contributed by atoms with Crippen LogP contribution in [0.3, 0.4) is 0 Å². The Morgan fingerprint density at radius 1 is 1.62 bits per heavy atom. The number of aryl methyl sites for hydroxylation is 1. The van der Waals surface area contributed by atoms with Crippen molar-refractivity contribution in [3.05, 3.63) is 44.0 Å². The Morgan fingerprint density at radius 3 is 2.95 bits per heavy atom. The Balaban J connectivity index is 2.22. The number of hydrogen-bond donors (Lipinski definition) is 1. The van der Waals surface area contributed by atoms with Crippen molar-refractivity contribution in [1.82, 2.24) is 9.55 Å². The van der Waals surface area contributed by atoms with Gasteiger partial charge in [0.1, 0.15) is 12.8 Å². The van der Waals surface area contributed by atoms with E-state index in [1.807, 2.05) is 0 Å². The first-order chi connectivity index (χ1) is 9.92. The van der Waals surface area contributed by atoms with Crippen LogP contribution in [0, 0.1) is 13.5 Å². The molecule has 0 saturated carbocycles. The Morgan fingerprint density at radius 2 is 2.33 bits per heavy atom. The second-order valence-corrected chi connectivity index (χ2v) is 4.84. The Kier molecular flexibility index (Phi) is 4.23. The first-order valence-corrected chi connectivity index (χ1v) is 6.40. The SMILES string of the molecule is [C-]#[N+][C@H]1C[C@H](n2cc(C)c(=O)[nH]c2=O)O[C@@H]1COC(C)=O. The molecule has 1 aromatic heterocycles. The van der Waals surface area contributed by atoms with E-state index in [1.54, 1.807) is 6.92 Å². The number of esters is 1. The van der Waals surface area contributed by atoms with Crippen LogP contribution in [-0.2, 0) is 14.3 Å². The van der Waals surface area contributed by atoms with Crippen LogP contribution < -0.4 is 11.2 Å². The summed E-state index contributed by atoms with van der Waals surface area (Å²) in [5, 5.41) is 0. The summed E-state index contributed by atoms with van der Waals surface area (Å²) in [6, 6.07) is -0.506. The smallest absolute Gasteiger partial charge is 0.330 e. The fraction of sp³-hybridized carbons (Fsp3) is 0.538. The summed E-state index contributed by atoms with van der Waals surface area (Å²) in [6.07, 6.45) is 0.449. The Labute approximate surface area is 120 Å². The fourth-order valence-corrected chi connectivity index (χ4v) is 2.17. The molecule has 0 aliphatic carbocycles. The molecule has 0 unspecified atom stereocenters. The van der Waals surface area contributed by atoms with Crippen molar-refractivity contribution in [2.24, 2.45) is 0 Å². The van der Waals surface area contributed by atoms with Gasteiger partial charge in [0.2, 0.25) is 0 Å². The zero-order valence-electron chi connectivity index (χ0n) is 11.7. The van der Waals surface area contributed by atoms with E-state index in [2.05, 4.69) is 9.83 Å². The molecule has 21 heavy (non-hydrogen) atoms. The van der Waals surface area contributed by atoms with Gasteiger partial charge in [-0.15, -0.1) is 0 Å². The number of nitrogens with one attached hydrogen (secondary N) is 1.